The number of nitrogens with one attached hydrogen (secondary N) is 1. The number of carbonyl (C=O) groups is 3. The summed E-state index contributed by atoms with van der Waals surface area (Å²) in [6.07, 6.45) is 0.759. The Balaban J connectivity index is 1.26. The van der Waals surface area contributed by atoms with Crippen molar-refractivity contribution in [1.82, 2.24) is 14.7 Å². The van der Waals surface area contributed by atoms with Crippen LogP contribution < -0.4 is 5.32 Å². The first-order chi connectivity index (χ1) is 14.9. The van der Waals surface area contributed by atoms with Gasteiger partial charge in [-0.25, -0.2) is 14.0 Å². The van der Waals surface area contributed by atoms with Gasteiger partial charge in [0, 0.05) is 25.0 Å². The first-order valence-electron chi connectivity index (χ1n) is 10.1. The molecule has 3 atom stereocenters. The first-order valence-corrected chi connectivity index (χ1v) is 10.5. The van der Waals surface area contributed by atoms with E-state index in [1.54, 1.807) is 4.90 Å². The predicted molar refractivity (Wildman–Crippen MR) is 112 cm³/mol. The molecule has 1 saturated carbocycles. The summed E-state index contributed by atoms with van der Waals surface area (Å²) in [7, 11) is 0. The van der Waals surface area contributed by atoms with Crippen molar-refractivity contribution in [3.63, 3.8) is 0 Å². The molecular weight excluding hydrogens is 423 g/mol. The van der Waals surface area contributed by atoms with Crippen molar-refractivity contribution in [1.29, 1.82) is 0 Å². The van der Waals surface area contributed by atoms with Crippen LogP contribution in [0.5, 0.6) is 0 Å². The van der Waals surface area contributed by atoms with E-state index in [2.05, 4.69) is 5.32 Å². The molecule has 5 rings (SSSR count). The van der Waals surface area contributed by atoms with Gasteiger partial charge in [0.05, 0.1) is 17.3 Å². The summed E-state index contributed by atoms with van der Waals surface area (Å²) in [6, 6.07) is 12.0. The molecule has 2 heterocycles. The third-order valence-electron chi connectivity index (χ3n) is 6.13. The quantitative estimate of drug-likeness (QED) is 0.739. The van der Waals surface area contributed by atoms with Crippen LogP contribution in [0.4, 0.5) is 19.7 Å². The monoisotopic (exact) mass is 442 g/mol. The standard InChI is InChI=1S/C22H20ClFN4O3/c23-16-10-14(24)6-7-17(16)25-21(30)26-8-9-27-19(12-26)20(29)28(22(27)31)18-11-15(18)13-4-2-1-3-5-13/h1-7,10,15,18-19H,8-9,11-12H2,(H,25,30)/t15-,18+,19?/m0/s1. The van der Waals surface area contributed by atoms with E-state index >= 15 is 0 Å². The molecule has 1 N–H and O–H groups in total. The number of hydrogen-bond donors (Lipinski definition) is 1. The number of nitrogens with zero attached hydrogens (tertiary/aromatic N) is 3. The summed E-state index contributed by atoms with van der Waals surface area (Å²) < 4.78 is 13.2. The zero-order chi connectivity index (χ0) is 21.7. The Kier molecular flexibility index (Phi) is 4.81. The predicted octanol–water partition coefficient (Wildman–Crippen LogP) is 3.52. The third kappa shape index (κ3) is 3.50. The number of hydrogen-bond acceptors (Lipinski definition) is 3. The molecule has 3 aliphatic rings. The lowest BCUT2D eigenvalue weighted by atomic mass is 10.1. The lowest BCUT2D eigenvalue weighted by Crippen LogP contribution is -2.55. The number of amides is 5. The van der Waals surface area contributed by atoms with Gasteiger partial charge in [-0.3, -0.25) is 9.69 Å². The van der Waals surface area contributed by atoms with E-state index in [-0.39, 0.29) is 47.7 Å². The fraction of sp³-hybridized carbons (Fsp3) is 0.318. The number of halogens is 2. The van der Waals surface area contributed by atoms with Crippen LogP contribution in [0.2, 0.25) is 5.02 Å². The van der Waals surface area contributed by atoms with Gasteiger partial charge >= 0.3 is 12.1 Å². The highest BCUT2D eigenvalue weighted by atomic mass is 35.5. The van der Waals surface area contributed by atoms with Crippen molar-refractivity contribution in [3.8, 4) is 0 Å². The Morgan fingerprint density at radius 2 is 1.87 bits per heavy atom. The maximum Gasteiger partial charge on any atom is 0.327 e. The lowest BCUT2D eigenvalue weighted by Gasteiger charge is -2.35. The van der Waals surface area contributed by atoms with Crippen molar-refractivity contribution in [2.75, 3.05) is 25.0 Å². The van der Waals surface area contributed by atoms with E-state index in [4.69, 9.17) is 11.6 Å². The van der Waals surface area contributed by atoms with Crippen molar-refractivity contribution in [2.24, 2.45) is 0 Å². The summed E-state index contributed by atoms with van der Waals surface area (Å²) >= 11 is 5.98. The van der Waals surface area contributed by atoms with E-state index in [1.165, 1.54) is 21.9 Å². The van der Waals surface area contributed by atoms with Crippen molar-refractivity contribution in [2.45, 2.75) is 24.4 Å². The van der Waals surface area contributed by atoms with Gasteiger partial charge in [0.15, 0.2) is 0 Å². The molecule has 1 aliphatic carbocycles. The molecule has 2 aromatic carbocycles. The van der Waals surface area contributed by atoms with E-state index in [1.807, 2.05) is 30.3 Å². The molecule has 5 amide bonds. The summed E-state index contributed by atoms with van der Waals surface area (Å²) in [6.45, 7) is 0.675. The highest BCUT2D eigenvalue weighted by Gasteiger charge is 2.56. The number of urea groups is 2. The third-order valence-corrected chi connectivity index (χ3v) is 6.44. The van der Waals surface area contributed by atoms with Gasteiger partial charge < -0.3 is 15.1 Å². The van der Waals surface area contributed by atoms with Crippen LogP contribution in [0.1, 0.15) is 17.9 Å². The number of imide groups is 1. The SMILES string of the molecule is O=C(Nc1ccc(F)cc1Cl)N1CCN2C(=O)N([C@@H]3C[C@H]3c3ccccc3)C(=O)C2C1. The number of anilines is 1. The highest BCUT2D eigenvalue weighted by molar-refractivity contribution is 6.33. The van der Waals surface area contributed by atoms with Crippen LogP contribution in [0.25, 0.3) is 0 Å². The van der Waals surface area contributed by atoms with Crippen LogP contribution in [-0.4, -0.2) is 64.4 Å². The van der Waals surface area contributed by atoms with E-state index in [9.17, 15) is 18.8 Å². The summed E-state index contributed by atoms with van der Waals surface area (Å²) in [5.74, 6) is -0.595. The Hall–Kier alpha value is -3.13. The maximum absolute atomic E-state index is 13.2. The number of benzene rings is 2. The van der Waals surface area contributed by atoms with Crippen LogP contribution in [0.3, 0.4) is 0 Å². The normalized spacial score (nSPS) is 25.0. The van der Waals surface area contributed by atoms with Gasteiger partial charge in [-0.15, -0.1) is 0 Å². The van der Waals surface area contributed by atoms with Gasteiger partial charge in [0.1, 0.15) is 11.9 Å². The molecule has 1 unspecified atom stereocenters. The Bertz CT molecular complexity index is 1070. The topological polar surface area (TPSA) is 73.0 Å². The molecule has 2 aromatic rings. The molecular formula is C22H20ClFN4O3. The molecule has 0 radical (unpaired) electrons. The summed E-state index contributed by atoms with van der Waals surface area (Å²) in [5.41, 5.74) is 1.41. The zero-order valence-corrected chi connectivity index (χ0v) is 17.3. The van der Waals surface area contributed by atoms with Crippen LogP contribution in [0.15, 0.2) is 48.5 Å². The number of fused-ring (bicyclic) bond motifs is 1. The Labute approximate surface area is 183 Å². The highest BCUT2D eigenvalue weighted by Crippen LogP contribution is 2.46. The molecule has 3 fully saturated rings. The van der Waals surface area contributed by atoms with Gasteiger partial charge in [-0.1, -0.05) is 41.9 Å². The average molecular weight is 443 g/mol. The largest absolute Gasteiger partial charge is 0.327 e. The number of carbonyl (C=O) groups excluding carboxylic acids is 3. The minimum absolute atomic E-state index is 0.0889. The lowest BCUT2D eigenvalue weighted by molar-refractivity contribution is -0.129. The second-order valence-electron chi connectivity index (χ2n) is 8.02. The van der Waals surface area contributed by atoms with Gasteiger partial charge in [0.25, 0.3) is 5.91 Å². The van der Waals surface area contributed by atoms with Crippen LogP contribution >= 0.6 is 11.6 Å². The minimum atomic E-state index is -0.687. The molecule has 0 spiro atoms. The first kappa shape index (κ1) is 19.8. The van der Waals surface area contributed by atoms with Crippen LogP contribution in [-0.2, 0) is 4.79 Å². The van der Waals surface area contributed by atoms with Gasteiger partial charge in [0.2, 0.25) is 0 Å². The van der Waals surface area contributed by atoms with E-state index in [0.717, 1.165) is 18.1 Å². The molecule has 7 nitrogen and oxygen atoms in total. The Morgan fingerprint density at radius 3 is 2.61 bits per heavy atom. The fourth-order valence-electron chi connectivity index (χ4n) is 4.42. The molecule has 2 aliphatic heterocycles. The smallest absolute Gasteiger partial charge is 0.320 e. The molecule has 31 heavy (non-hydrogen) atoms. The van der Waals surface area contributed by atoms with E-state index < -0.39 is 17.9 Å². The van der Waals surface area contributed by atoms with Gasteiger partial charge in [-0.05, 0) is 30.2 Å². The maximum atomic E-state index is 13.2. The summed E-state index contributed by atoms with van der Waals surface area (Å²) in [4.78, 5) is 43.1. The molecule has 0 aromatic heterocycles. The summed E-state index contributed by atoms with van der Waals surface area (Å²) in [5, 5.41) is 2.74. The van der Waals surface area contributed by atoms with Crippen molar-refractivity contribution in [3.05, 3.63) is 64.9 Å². The minimum Gasteiger partial charge on any atom is -0.320 e. The second-order valence-corrected chi connectivity index (χ2v) is 8.43. The average Bonchev–Trinajstić information content (AvgIpc) is 3.51. The molecule has 9 heteroatoms. The van der Waals surface area contributed by atoms with Gasteiger partial charge in [-0.2, -0.15) is 0 Å². The second kappa shape index (κ2) is 7.53. The Morgan fingerprint density at radius 1 is 1.10 bits per heavy atom. The molecule has 0 bridgehead atoms. The number of piperazine rings is 1. The fourth-order valence-corrected chi connectivity index (χ4v) is 4.63. The number of rotatable bonds is 3. The van der Waals surface area contributed by atoms with Crippen molar-refractivity contribution < 1.29 is 18.8 Å². The van der Waals surface area contributed by atoms with Crippen molar-refractivity contribution >= 4 is 35.3 Å². The van der Waals surface area contributed by atoms with E-state index in [0.29, 0.717) is 6.54 Å². The molecule has 2 saturated heterocycles. The molecule has 160 valence electrons. The van der Waals surface area contributed by atoms with Crippen LogP contribution in [0, 0.1) is 5.82 Å². The zero-order valence-electron chi connectivity index (χ0n) is 16.5.